The van der Waals surface area contributed by atoms with Crippen molar-refractivity contribution in [3.8, 4) is 0 Å². The van der Waals surface area contributed by atoms with Crippen LogP contribution in [0.1, 0.15) is 25.7 Å². The van der Waals surface area contributed by atoms with E-state index in [9.17, 15) is 18.0 Å². The van der Waals surface area contributed by atoms with E-state index in [1.807, 2.05) is 0 Å². The molecule has 0 aliphatic carbocycles. The quantitative estimate of drug-likeness (QED) is 0.740. The zero-order chi connectivity index (χ0) is 19.6. The number of benzene rings is 1. The van der Waals surface area contributed by atoms with E-state index in [-0.39, 0.29) is 35.1 Å². The van der Waals surface area contributed by atoms with E-state index in [4.69, 9.17) is 5.73 Å². The van der Waals surface area contributed by atoms with Gasteiger partial charge < -0.3 is 10.6 Å². The van der Waals surface area contributed by atoms with Crippen LogP contribution in [0.5, 0.6) is 0 Å². The third-order valence-corrected chi connectivity index (χ3v) is 7.80. The zero-order valence-corrected chi connectivity index (χ0v) is 17.4. The normalized spacial score (nSPS) is 22.6. The van der Waals surface area contributed by atoms with E-state index in [2.05, 4.69) is 15.9 Å². The van der Waals surface area contributed by atoms with Gasteiger partial charge in [-0.15, -0.1) is 0 Å². The van der Waals surface area contributed by atoms with Crippen LogP contribution in [0.3, 0.4) is 0 Å². The van der Waals surface area contributed by atoms with Crippen LogP contribution in [0.4, 0.5) is 0 Å². The van der Waals surface area contributed by atoms with Gasteiger partial charge in [0, 0.05) is 36.6 Å². The van der Waals surface area contributed by atoms with Gasteiger partial charge >= 0.3 is 0 Å². The van der Waals surface area contributed by atoms with Crippen LogP contribution in [0.2, 0.25) is 0 Å². The molecule has 0 aromatic heterocycles. The lowest BCUT2D eigenvalue weighted by Gasteiger charge is -2.37. The fourth-order valence-corrected chi connectivity index (χ4v) is 5.55. The molecular formula is C18H24BrN3O4S. The van der Waals surface area contributed by atoms with Gasteiger partial charge in [0.15, 0.2) is 0 Å². The van der Waals surface area contributed by atoms with Gasteiger partial charge in [-0.3, -0.25) is 9.59 Å². The van der Waals surface area contributed by atoms with Crippen molar-refractivity contribution in [1.82, 2.24) is 9.21 Å². The molecule has 7 nitrogen and oxygen atoms in total. The minimum Gasteiger partial charge on any atom is -0.369 e. The Kier molecular flexibility index (Phi) is 6.22. The summed E-state index contributed by atoms with van der Waals surface area (Å²) in [4.78, 5) is 26.1. The standard InChI is InChI=1S/C18H24BrN3O4S/c19-15-3-5-16(6-4-15)27(25,26)22-9-1-2-14(12-22)18(24)21-10-7-13(8-11-21)17(20)23/h3-6,13-14H,1-2,7-12H2,(H2,20,23)/t14-/m1/s1. The molecule has 2 amide bonds. The maximum atomic E-state index is 12.9. The number of rotatable bonds is 4. The van der Waals surface area contributed by atoms with E-state index in [1.165, 1.54) is 4.31 Å². The molecule has 2 aliphatic rings. The number of sulfonamides is 1. The molecule has 9 heteroatoms. The Balaban J connectivity index is 1.66. The highest BCUT2D eigenvalue weighted by Gasteiger charge is 2.36. The second kappa shape index (κ2) is 8.28. The van der Waals surface area contributed by atoms with Crippen LogP contribution in [-0.2, 0) is 19.6 Å². The third-order valence-electron chi connectivity index (χ3n) is 5.39. The summed E-state index contributed by atoms with van der Waals surface area (Å²) in [6.07, 6.45) is 2.49. The Hall–Kier alpha value is -1.45. The highest BCUT2D eigenvalue weighted by atomic mass is 79.9. The van der Waals surface area contributed by atoms with Gasteiger partial charge in [0.05, 0.1) is 10.8 Å². The Labute approximate surface area is 168 Å². The summed E-state index contributed by atoms with van der Waals surface area (Å²) in [5.74, 6) is -0.844. The van der Waals surface area contributed by atoms with Crippen LogP contribution < -0.4 is 5.73 Å². The maximum absolute atomic E-state index is 12.9. The van der Waals surface area contributed by atoms with Crippen molar-refractivity contribution in [2.45, 2.75) is 30.6 Å². The first-order valence-corrected chi connectivity index (χ1v) is 11.4. The highest BCUT2D eigenvalue weighted by Crippen LogP contribution is 2.27. The molecule has 0 radical (unpaired) electrons. The summed E-state index contributed by atoms with van der Waals surface area (Å²) >= 11 is 3.31. The van der Waals surface area contributed by atoms with Gasteiger partial charge in [0.2, 0.25) is 21.8 Å². The predicted octanol–water partition coefficient (Wildman–Crippen LogP) is 1.57. The molecule has 3 rings (SSSR count). The topological polar surface area (TPSA) is 101 Å². The number of hydrogen-bond donors (Lipinski definition) is 1. The number of primary amides is 1. The van der Waals surface area contributed by atoms with E-state index < -0.39 is 10.0 Å². The van der Waals surface area contributed by atoms with Crippen LogP contribution in [0.15, 0.2) is 33.6 Å². The van der Waals surface area contributed by atoms with Gasteiger partial charge in [-0.25, -0.2) is 8.42 Å². The number of carbonyl (C=O) groups is 2. The van der Waals surface area contributed by atoms with Crippen LogP contribution in [0.25, 0.3) is 0 Å². The summed E-state index contributed by atoms with van der Waals surface area (Å²) in [5, 5.41) is 0. The second-order valence-corrected chi connectivity index (χ2v) is 10.0. The molecule has 2 heterocycles. The Morgan fingerprint density at radius 2 is 1.63 bits per heavy atom. The average Bonchev–Trinajstić information content (AvgIpc) is 2.68. The summed E-state index contributed by atoms with van der Waals surface area (Å²) in [6, 6.07) is 6.53. The second-order valence-electron chi connectivity index (χ2n) is 7.16. The molecule has 2 fully saturated rings. The van der Waals surface area contributed by atoms with Gasteiger partial charge in [-0.05, 0) is 49.9 Å². The average molecular weight is 458 g/mol. The number of piperidine rings is 2. The van der Waals surface area contributed by atoms with Gasteiger partial charge in [-0.1, -0.05) is 15.9 Å². The molecule has 2 saturated heterocycles. The van der Waals surface area contributed by atoms with E-state index >= 15 is 0 Å². The SMILES string of the molecule is NC(=O)C1CCN(C(=O)[C@@H]2CCCN(S(=O)(=O)c3ccc(Br)cc3)C2)CC1. The highest BCUT2D eigenvalue weighted by molar-refractivity contribution is 9.10. The van der Waals surface area contributed by atoms with E-state index in [1.54, 1.807) is 29.2 Å². The minimum absolute atomic E-state index is 0.0198. The number of amides is 2. The first-order valence-electron chi connectivity index (χ1n) is 9.13. The fraction of sp³-hybridized carbons (Fsp3) is 0.556. The number of nitrogens with zero attached hydrogens (tertiary/aromatic N) is 2. The Morgan fingerprint density at radius 1 is 1.00 bits per heavy atom. The fourth-order valence-electron chi connectivity index (χ4n) is 3.76. The van der Waals surface area contributed by atoms with Crippen LogP contribution in [-0.4, -0.2) is 55.6 Å². The lowest BCUT2D eigenvalue weighted by atomic mass is 9.93. The number of carbonyl (C=O) groups excluding carboxylic acids is 2. The number of hydrogen-bond acceptors (Lipinski definition) is 4. The Bertz CT molecular complexity index is 804. The predicted molar refractivity (Wildman–Crippen MR) is 104 cm³/mol. The first kappa shape index (κ1) is 20.3. The van der Waals surface area contributed by atoms with Crippen molar-refractivity contribution >= 4 is 37.8 Å². The van der Waals surface area contributed by atoms with Crippen molar-refractivity contribution in [1.29, 1.82) is 0 Å². The number of likely N-dealkylation sites (tertiary alicyclic amines) is 1. The molecule has 1 aromatic carbocycles. The lowest BCUT2D eigenvalue weighted by molar-refractivity contribution is -0.139. The summed E-state index contributed by atoms with van der Waals surface area (Å²) in [6.45, 7) is 1.63. The van der Waals surface area contributed by atoms with Crippen molar-refractivity contribution in [2.24, 2.45) is 17.6 Å². The monoisotopic (exact) mass is 457 g/mol. The molecule has 0 saturated carbocycles. The molecule has 2 aliphatic heterocycles. The summed E-state index contributed by atoms with van der Waals surface area (Å²) in [5.41, 5.74) is 5.34. The van der Waals surface area contributed by atoms with Crippen LogP contribution in [0, 0.1) is 11.8 Å². The van der Waals surface area contributed by atoms with Gasteiger partial charge in [0.25, 0.3) is 0 Å². The molecule has 27 heavy (non-hydrogen) atoms. The lowest BCUT2D eigenvalue weighted by Crippen LogP contribution is -2.49. The van der Waals surface area contributed by atoms with E-state index in [0.717, 1.165) is 4.47 Å². The molecule has 0 unspecified atom stereocenters. The molecular weight excluding hydrogens is 434 g/mol. The minimum atomic E-state index is -3.62. The van der Waals surface area contributed by atoms with Crippen molar-refractivity contribution in [3.05, 3.63) is 28.7 Å². The third kappa shape index (κ3) is 4.52. The van der Waals surface area contributed by atoms with Gasteiger partial charge in [0.1, 0.15) is 0 Å². The Morgan fingerprint density at radius 3 is 2.22 bits per heavy atom. The summed E-state index contributed by atoms with van der Waals surface area (Å²) in [7, 11) is -3.62. The maximum Gasteiger partial charge on any atom is 0.243 e. The molecule has 2 N–H and O–H groups in total. The molecule has 148 valence electrons. The zero-order valence-electron chi connectivity index (χ0n) is 15.0. The number of halogens is 1. The van der Waals surface area contributed by atoms with E-state index in [0.29, 0.717) is 45.3 Å². The molecule has 1 aromatic rings. The molecule has 0 spiro atoms. The van der Waals surface area contributed by atoms with Gasteiger partial charge in [-0.2, -0.15) is 4.31 Å². The first-order chi connectivity index (χ1) is 12.8. The van der Waals surface area contributed by atoms with Crippen molar-refractivity contribution in [2.75, 3.05) is 26.2 Å². The van der Waals surface area contributed by atoms with Crippen LogP contribution >= 0.6 is 15.9 Å². The number of nitrogens with two attached hydrogens (primary N) is 1. The molecule has 0 bridgehead atoms. The van der Waals surface area contributed by atoms with Crippen molar-refractivity contribution < 1.29 is 18.0 Å². The largest absolute Gasteiger partial charge is 0.369 e. The summed E-state index contributed by atoms with van der Waals surface area (Å²) < 4.78 is 28.0. The smallest absolute Gasteiger partial charge is 0.243 e. The molecule has 1 atom stereocenters. The van der Waals surface area contributed by atoms with Crippen molar-refractivity contribution in [3.63, 3.8) is 0 Å².